The summed E-state index contributed by atoms with van der Waals surface area (Å²) in [5, 5.41) is 0. The SMILES string of the molecule is CCOc1cc2nc(N)c(-c3ccccc3)nc2cc1OCC. The van der Waals surface area contributed by atoms with Crippen molar-refractivity contribution in [2.45, 2.75) is 13.8 Å². The summed E-state index contributed by atoms with van der Waals surface area (Å²) < 4.78 is 11.3. The van der Waals surface area contributed by atoms with Crippen molar-refractivity contribution in [2.75, 3.05) is 18.9 Å². The summed E-state index contributed by atoms with van der Waals surface area (Å²) in [6.45, 7) is 4.97. The Morgan fingerprint density at radius 3 is 2.00 bits per heavy atom. The van der Waals surface area contributed by atoms with Crippen molar-refractivity contribution >= 4 is 16.9 Å². The molecule has 0 aliphatic rings. The van der Waals surface area contributed by atoms with Crippen LogP contribution >= 0.6 is 0 Å². The fourth-order valence-electron chi connectivity index (χ4n) is 2.42. The van der Waals surface area contributed by atoms with Crippen LogP contribution in [-0.4, -0.2) is 23.2 Å². The van der Waals surface area contributed by atoms with Gasteiger partial charge in [0.25, 0.3) is 0 Å². The lowest BCUT2D eigenvalue weighted by molar-refractivity contribution is 0.288. The Morgan fingerprint density at radius 2 is 1.43 bits per heavy atom. The number of aromatic nitrogens is 2. The molecule has 1 aromatic heterocycles. The molecule has 0 unspecified atom stereocenters. The molecule has 0 fully saturated rings. The van der Waals surface area contributed by atoms with Crippen LogP contribution in [0.25, 0.3) is 22.3 Å². The van der Waals surface area contributed by atoms with E-state index in [1.54, 1.807) is 0 Å². The van der Waals surface area contributed by atoms with Crippen LogP contribution < -0.4 is 15.2 Å². The minimum atomic E-state index is 0.398. The van der Waals surface area contributed by atoms with E-state index in [-0.39, 0.29) is 0 Å². The lowest BCUT2D eigenvalue weighted by atomic mass is 10.1. The van der Waals surface area contributed by atoms with Gasteiger partial charge in [0.1, 0.15) is 5.69 Å². The summed E-state index contributed by atoms with van der Waals surface area (Å²) in [6, 6.07) is 13.4. The van der Waals surface area contributed by atoms with E-state index in [0.717, 1.165) is 11.1 Å². The normalized spacial score (nSPS) is 10.7. The summed E-state index contributed by atoms with van der Waals surface area (Å²) >= 11 is 0. The number of nitrogens with zero attached hydrogens (tertiary/aromatic N) is 2. The Hall–Kier alpha value is -2.82. The average Bonchev–Trinajstić information content (AvgIpc) is 2.56. The standard InChI is InChI=1S/C18H19N3O2/c1-3-22-15-10-13-14(11-16(15)23-4-2)21-18(19)17(20-13)12-8-6-5-7-9-12/h5-11H,3-4H2,1-2H3,(H2,19,21). The highest BCUT2D eigenvalue weighted by Gasteiger charge is 2.13. The molecule has 0 radical (unpaired) electrons. The molecule has 3 rings (SSSR count). The first-order chi connectivity index (χ1) is 11.2. The molecule has 2 N–H and O–H groups in total. The molecule has 5 nitrogen and oxygen atoms in total. The third-order valence-electron chi connectivity index (χ3n) is 3.40. The van der Waals surface area contributed by atoms with Gasteiger partial charge in [-0.2, -0.15) is 0 Å². The number of benzene rings is 2. The Labute approximate surface area is 135 Å². The average molecular weight is 309 g/mol. The van der Waals surface area contributed by atoms with Crippen molar-refractivity contribution in [1.82, 2.24) is 9.97 Å². The maximum absolute atomic E-state index is 6.09. The van der Waals surface area contributed by atoms with Crippen molar-refractivity contribution in [2.24, 2.45) is 0 Å². The molecular weight excluding hydrogens is 290 g/mol. The van der Waals surface area contributed by atoms with Crippen LogP contribution in [0, 0.1) is 0 Å². The number of ether oxygens (including phenoxy) is 2. The first kappa shape index (κ1) is 15.1. The fraction of sp³-hybridized carbons (Fsp3) is 0.222. The van der Waals surface area contributed by atoms with Crippen molar-refractivity contribution < 1.29 is 9.47 Å². The molecule has 0 saturated carbocycles. The molecule has 0 saturated heterocycles. The zero-order chi connectivity index (χ0) is 16.2. The Kier molecular flexibility index (Phi) is 4.28. The highest BCUT2D eigenvalue weighted by Crippen LogP contribution is 2.33. The van der Waals surface area contributed by atoms with E-state index in [1.165, 1.54) is 0 Å². The van der Waals surface area contributed by atoms with Gasteiger partial charge in [-0.05, 0) is 13.8 Å². The van der Waals surface area contributed by atoms with Crippen molar-refractivity contribution in [3.8, 4) is 22.8 Å². The molecule has 0 bridgehead atoms. The smallest absolute Gasteiger partial charge is 0.163 e. The third-order valence-corrected chi connectivity index (χ3v) is 3.40. The van der Waals surface area contributed by atoms with Gasteiger partial charge in [0.05, 0.1) is 24.2 Å². The van der Waals surface area contributed by atoms with Crippen LogP contribution in [0.15, 0.2) is 42.5 Å². The maximum atomic E-state index is 6.09. The molecule has 0 atom stereocenters. The van der Waals surface area contributed by atoms with E-state index < -0.39 is 0 Å². The van der Waals surface area contributed by atoms with Crippen LogP contribution in [0.1, 0.15) is 13.8 Å². The second-order valence-electron chi connectivity index (χ2n) is 4.98. The van der Waals surface area contributed by atoms with Crippen molar-refractivity contribution in [3.05, 3.63) is 42.5 Å². The van der Waals surface area contributed by atoms with Gasteiger partial charge in [-0.15, -0.1) is 0 Å². The van der Waals surface area contributed by atoms with Gasteiger partial charge in [0.2, 0.25) is 0 Å². The fourth-order valence-corrected chi connectivity index (χ4v) is 2.42. The predicted octanol–water partition coefficient (Wildman–Crippen LogP) is 3.68. The van der Waals surface area contributed by atoms with Crippen molar-refractivity contribution in [1.29, 1.82) is 0 Å². The zero-order valence-corrected chi connectivity index (χ0v) is 13.2. The molecule has 2 aromatic carbocycles. The van der Waals surface area contributed by atoms with E-state index in [4.69, 9.17) is 15.2 Å². The lowest BCUT2D eigenvalue weighted by Crippen LogP contribution is -2.02. The first-order valence-electron chi connectivity index (χ1n) is 7.65. The second-order valence-corrected chi connectivity index (χ2v) is 4.98. The van der Waals surface area contributed by atoms with Crippen LogP contribution in [0.5, 0.6) is 11.5 Å². The van der Waals surface area contributed by atoms with Crippen LogP contribution in [0.2, 0.25) is 0 Å². The van der Waals surface area contributed by atoms with Gasteiger partial charge in [-0.1, -0.05) is 30.3 Å². The third kappa shape index (κ3) is 3.04. The summed E-state index contributed by atoms with van der Waals surface area (Å²) in [5.74, 6) is 1.72. The Morgan fingerprint density at radius 1 is 0.870 bits per heavy atom. The van der Waals surface area contributed by atoms with E-state index in [9.17, 15) is 0 Å². The largest absolute Gasteiger partial charge is 0.490 e. The minimum absolute atomic E-state index is 0.398. The van der Waals surface area contributed by atoms with Gasteiger partial charge in [-0.25, -0.2) is 9.97 Å². The number of nitrogen functional groups attached to an aromatic ring is 1. The van der Waals surface area contributed by atoms with Crippen LogP contribution in [-0.2, 0) is 0 Å². The molecule has 3 aromatic rings. The van der Waals surface area contributed by atoms with Gasteiger partial charge in [0.15, 0.2) is 17.3 Å². The highest BCUT2D eigenvalue weighted by atomic mass is 16.5. The van der Waals surface area contributed by atoms with Gasteiger partial charge in [-0.3, -0.25) is 0 Å². The van der Waals surface area contributed by atoms with Gasteiger partial charge in [0, 0.05) is 17.7 Å². The number of anilines is 1. The van der Waals surface area contributed by atoms with Crippen LogP contribution in [0.4, 0.5) is 5.82 Å². The summed E-state index contributed by atoms with van der Waals surface area (Å²) in [4.78, 5) is 9.14. The molecule has 0 aliphatic heterocycles. The number of hydrogen-bond acceptors (Lipinski definition) is 5. The topological polar surface area (TPSA) is 70.3 Å². The monoisotopic (exact) mass is 309 g/mol. The summed E-state index contributed by atoms with van der Waals surface area (Å²) in [7, 11) is 0. The van der Waals surface area contributed by atoms with Gasteiger partial charge >= 0.3 is 0 Å². The molecule has 0 amide bonds. The highest BCUT2D eigenvalue weighted by molar-refractivity contribution is 5.85. The lowest BCUT2D eigenvalue weighted by Gasteiger charge is -2.13. The quantitative estimate of drug-likeness (QED) is 0.778. The molecular formula is C18H19N3O2. The number of rotatable bonds is 5. The number of fused-ring (bicyclic) bond motifs is 1. The van der Waals surface area contributed by atoms with E-state index >= 15 is 0 Å². The molecule has 1 heterocycles. The molecule has 118 valence electrons. The molecule has 0 aliphatic carbocycles. The Balaban J connectivity index is 2.16. The van der Waals surface area contributed by atoms with Crippen molar-refractivity contribution in [3.63, 3.8) is 0 Å². The minimum Gasteiger partial charge on any atom is -0.490 e. The summed E-state index contributed by atoms with van der Waals surface area (Å²) in [5.41, 5.74) is 9.12. The number of nitrogens with two attached hydrogens (primary N) is 1. The second kappa shape index (κ2) is 6.52. The zero-order valence-electron chi connectivity index (χ0n) is 13.2. The van der Waals surface area contributed by atoms with Gasteiger partial charge < -0.3 is 15.2 Å². The summed E-state index contributed by atoms with van der Waals surface area (Å²) in [6.07, 6.45) is 0. The molecule has 23 heavy (non-hydrogen) atoms. The molecule has 5 heteroatoms. The predicted molar refractivity (Wildman–Crippen MR) is 91.7 cm³/mol. The van der Waals surface area contributed by atoms with E-state index in [1.807, 2.05) is 56.3 Å². The Bertz CT molecular complexity index is 819. The first-order valence-corrected chi connectivity index (χ1v) is 7.65. The van der Waals surface area contributed by atoms with Crippen LogP contribution in [0.3, 0.4) is 0 Å². The van der Waals surface area contributed by atoms with E-state index in [2.05, 4.69) is 9.97 Å². The molecule has 0 spiro atoms. The van der Waals surface area contributed by atoms with E-state index in [0.29, 0.717) is 41.7 Å². The maximum Gasteiger partial charge on any atom is 0.163 e. The number of hydrogen-bond donors (Lipinski definition) is 1.